The van der Waals surface area contributed by atoms with E-state index in [1.165, 1.54) is 0 Å². The second-order valence-electron chi connectivity index (χ2n) is 7.23. The van der Waals surface area contributed by atoms with E-state index in [1.807, 2.05) is 70.2 Å². The van der Waals surface area contributed by atoms with Gasteiger partial charge in [0.25, 0.3) is 0 Å². The minimum Gasteiger partial charge on any atom is -0.491 e. The van der Waals surface area contributed by atoms with Crippen molar-refractivity contribution in [1.29, 1.82) is 0 Å². The fourth-order valence-electron chi connectivity index (χ4n) is 2.73. The minimum absolute atomic E-state index is 0.00119. The van der Waals surface area contributed by atoms with Crippen LogP contribution in [0.5, 0.6) is 5.75 Å². The Balaban J connectivity index is 1.89. The Bertz CT molecular complexity index is 816. The molecule has 0 unspecified atom stereocenters. The fraction of sp³-hybridized carbons (Fsp3) is 0.429. The molecule has 2 aromatic rings. The van der Waals surface area contributed by atoms with Gasteiger partial charge in [-0.1, -0.05) is 42.5 Å². The third-order valence-corrected chi connectivity index (χ3v) is 5.32. The van der Waals surface area contributed by atoms with Gasteiger partial charge in [-0.15, -0.1) is 0 Å². The molecule has 0 bridgehead atoms. The van der Waals surface area contributed by atoms with E-state index in [-0.39, 0.29) is 17.9 Å². The van der Waals surface area contributed by atoms with Gasteiger partial charge in [0.15, 0.2) is 0 Å². The number of sulfonamides is 1. The van der Waals surface area contributed by atoms with E-state index < -0.39 is 10.0 Å². The zero-order chi connectivity index (χ0) is 19.9. The van der Waals surface area contributed by atoms with Crippen molar-refractivity contribution in [1.82, 2.24) is 10.0 Å². The van der Waals surface area contributed by atoms with Crippen LogP contribution < -0.4 is 14.8 Å². The maximum atomic E-state index is 12.0. The summed E-state index contributed by atoms with van der Waals surface area (Å²) in [4.78, 5) is 0. The molecule has 0 aliphatic carbocycles. The monoisotopic (exact) mass is 390 g/mol. The lowest BCUT2D eigenvalue weighted by Gasteiger charge is -2.14. The highest BCUT2D eigenvalue weighted by Crippen LogP contribution is 2.19. The standard InChI is InChI=1S/C21H30N2O3S/c1-16(2)23-27(24,25)15-19-11-9-18(10-12-19)13-22-14-20-7-5-6-8-21(20)26-17(3)4/h5-12,16-17,22-23H,13-15H2,1-4H3. The smallest absolute Gasteiger partial charge is 0.216 e. The summed E-state index contributed by atoms with van der Waals surface area (Å²) in [6, 6.07) is 15.6. The number of hydrogen-bond donors (Lipinski definition) is 2. The molecule has 0 spiro atoms. The van der Waals surface area contributed by atoms with Crippen LogP contribution >= 0.6 is 0 Å². The molecule has 0 saturated heterocycles. The number of rotatable bonds is 10. The summed E-state index contributed by atoms with van der Waals surface area (Å²) >= 11 is 0. The second kappa shape index (κ2) is 9.88. The molecular formula is C21H30N2O3S. The average Bonchev–Trinajstić information content (AvgIpc) is 2.56. The molecule has 0 fully saturated rings. The molecule has 0 heterocycles. The molecule has 0 aliphatic heterocycles. The zero-order valence-corrected chi connectivity index (χ0v) is 17.3. The van der Waals surface area contributed by atoms with Crippen molar-refractivity contribution >= 4 is 10.0 Å². The van der Waals surface area contributed by atoms with Gasteiger partial charge in [0.1, 0.15) is 5.75 Å². The quantitative estimate of drug-likeness (QED) is 0.651. The van der Waals surface area contributed by atoms with E-state index in [0.717, 1.165) is 22.4 Å². The Morgan fingerprint density at radius 2 is 1.52 bits per heavy atom. The Morgan fingerprint density at radius 3 is 2.15 bits per heavy atom. The lowest BCUT2D eigenvalue weighted by atomic mass is 10.1. The Hall–Kier alpha value is -1.89. The van der Waals surface area contributed by atoms with Crippen molar-refractivity contribution in [3.63, 3.8) is 0 Å². The zero-order valence-electron chi connectivity index (χ0n) is 16.5. The Labute approximate surface area is 163 Å². The Kier molecular flexibility index (Phi) is 7.83. The number of benzene rings is 2. The molecule has 2 N–H and O–H groups in total. The predicted octanol–water partition coefficient (Wildman–Crippen LogP) is 3.59. The first-order valence-corrected chi connectivity index (χ1v) is 10.9. The predicted molar refractivity (Wildman–Crippen MR) is 110 cm³/mol. The minimum atomic E-state index is -3.29. The molecule has 148 valence electrons. The van der Waals surface area contributed by atoms with Crippen molar-refractivity contribution in [2.24, 2.45) is 0 Å². The molecule has 27 heavy (non-hydrogen) atoms. The topological polar surface area (TPSA) is 67.4 Å². The molecule has 0 saturated carbocycles. The van der Waals surface area contributed by atoms with Gasteiger partial charge in [0.2, 0.25) is 10.0 Å². The van der Waals surface area contributed by atoms with Crippen LogP contribution in [0.2, 0.25) is 0 Å². The molecule has 5 nitrogen and oxygen atoms in total. The number of ether oxygens (including phenoxy) is 1. The first kappa shape index (κ1) is 21.4. The van der Waals surface area contributed by atoms with Crippen LogP contribution in [-0.4, -0.2) is 20.6 Å². The molecule has 6 heteroatoms. The lowest BCUT2D eigenvalue weighted by Crippen LogP contribution is -2.31. The summed E-state index contributed by atoms with van der Waals surface area (Å²) in [5, 5.41) is 3.41. The van der Waals surface area contributed by atoms with E-state index in [9.17, 15) is 8.42 Å². The van der Waals surface area contributed by atoms with Crippen molar-refractivity contribution in [2.45, 2.75) is 58.7 Å². The van der Waals surface area contributed by atoms with Crippen LogP contribution in [0.3, 0.4) is 0 Å². The van der Waals surface area contributed by atoms with Crippen LogP contribution in [0.15, 0.2) is 48.5 Å². The number of hydrogen-bond acceptors (Lipinski definition) is 4. The molecular weight excluding hydrogens is 360 g/mol. The van der Waals surface area contributed by atoms with Crippen LogP contribution in [0, 0.1) is 0 Å². The van der Waals surface area contributed by atoms with Crippen LogP contribution in [0.4, 0.5) is 0 Å². The third-order valence-electron chi connectivity index (χ3n) is 3.77. The summed E-state index contributed by atoms with van der Waals surface area (Å²) in [5.41, 5.74) is 3.01. The third kappa shape index (κ3) is 7.71. The summed E-state index contributed by atoms with van der Waals surface area (Å²) in [6.07, 6.45) is 0.139. The molecule has 2 rings (SSSR count). The fourth-order valence-corrected chi connectivity index (χ4v) is 4.17. The van der Waals surface area contributed by atoms with Gasteiger partial charge in [-0.25, -0.2) is 13.1 Å². The van der Waals surface area contributed by atoms with Gasteiger partial charge in [0, 0.05) is 24.7 Å². The average molecular weight is 391 g/mol. The van der Waals surface area contributed by atoms with Gasteiger partial charge in [-0.2, -0.15) is 0 Å². The number of para-hydroxylation sites is 1. The van der Waals surface area contributed by atoms with Crippen molar-refractivity contribution in [3.05, 3.63) is 65.2 Å². The first-order valence-electron chi connectivity index (χ1n) is 9.28. The molecule has 0 atom stereocenters. The maximum Gasteiger partial charge on any atom is 0.216 e. The normalized spacial score (nSPS) is 11.9. The maximum absolute atomic E-state index is 12.0. The van der Waals surface area contributed by atoms with Crippen molar-refractivity contribution in [2.75, 3.05) is 0 Å². The first-order chi connectivity index (χ1) is 12.7. The second-order valence-corrected chi connectivity index (χ2v) is 8.98. The summed E-state index contributed by atoms with van der Waals surface area (Å²) in [6.45, 7) is 9.07. The highest BCUT2D eigenvalue weighted by Gasteiger charge is 2.12. The molecule has 0 aromatic heterocycles. The number of nitrogens with one attached hydrogen (secondary N) is 2. The largest absolute Gasteiger partial charge is 0.491 e. The van der Waals surface area contributed by atoms with Crippen molar-refractivity contribution < 1.29 is 13.2 Å². The van der Waals surface area contributed by atoms with Gasteiger partial charge in [-0.05, 0) is 44.9 Å². The Morgan fingerprint density at radius 1 is 0.889 bits per heavy atom. The molecule has 0 amide bonds. The summed E-state index contributed by atoms with van der Waals surface area (Å²) < 4.78 is 32.4. The van der Waals surface area contributed by atoms with Crippen molar-refractivity contribution in [3.8, 4) is 5.75 Å². The SMILES string of the molecule is CC(C)NS(=O)(=O)Cc1ccc(CNCc2ccccc2OC(C)C)cc1. The van der Waals surface area contributed by atoms with Gasteiger partial charge >= 0.3 is 0 Å². The van der Waals surface area contributed by atoms with Gasteiger partial charge in [0.05, 0.1) is 11.9 Å². The van der Waals surface area contributed by atoms with E-state index in [4.69, 9.17) is 4.74 Å². The van der Waals surface area contributed by atoms with Gasteiger partial charge in [-0.3, -0.25) is 0 Å². The highest BCUT2D eigenvalue weighted by atomic mass is 32.2. The van der Waals surface area contributed by atoms with Crippen LogP contribution in [0.25, 0.3) is 0 Å². The molecule has 0 radical (unpaired) electrons. The van der Waals surface area contributed by atoms with E-state index in [1.54, 1.807) is 0 Å². The summed E-state index contributed by atoms with van der Waals surface area (Å²) in [5.74, 6) is 0.900. The van der Waals surface area contributed by atoms with E-state index >= 15 is 0 Å². The van der Waals surface area contributed by atoms with Crippen LogP contribution in [-0.2, 0) is 28.9 Å². The summed E-state index contributed by atoms with van der Waals surface area (Å²) in [7, 11) is -3.29. The lowest BCUT2D eigenvalue weighted by molar-refractivity contribution is 0.239. The van der Waals surface area contributed by atoms with E-state index in [2.05, 4.69) is 16.1 Å². The van der Waals surface area contributed by atoms with Gasteiger partial charge < -0.3 is 10.1 Å². The highest BCUT2D eigenvalue weighted by molar-refractivity contribution is 7.88. The van der Waals surface area contributed by atoms with Crippen LogP contribution in [0.1, 0.15) is 44.4 Å². The van der Waals surface area contributed by atoms with E-state index in [0.29, 0.717) is 13.1 Å². The molecule has 0 aliphatic rings. The molecule has 2 aromatic carbocycles.